The third-order valence-electron chi connectivity index (χ3n) is 6.19. The number of hydrogen-bond donors (Lipinski definition) is 3. The van der Waals surface area contributed by atoms with Gasteiger partial charge in [0, 0.05) is 5.92 Å². The maximum atomic E-state index is 12.7. The van der Waals surface area contributed by atoms with E-state index in [-0.39, 0.29) is 18.4 Å². The maximum absolute atomic E-state index is 12.7. The molecule has 1 fully saturated rings. The Morgan fingerprint density at radius 2 is 1.59 bits per heavy atom. The van der Waals surface area contributed by atoms with Crippen LogP contribution in [0.15, 0.2) is 48.5 Å². The minimum absolute atomic E-state index is 0.0341. The van der Waals surface area contributed by atoms with Crippen LogP contribution in [0.25, 0.3) is 11.1 Å². The summed E-state index contributed by atoms with van der Waals surface area (Å²) in [6, 6.07) is 14.4. The number of carboxylic acid groups (broad SMARTS) is 1. The van der Waals surface area contributed by atoms with Crippen LogP contribution in [0.2, 0.25) is 0 Å². The second-order valence-corrected chi connectivity index (χ2v) is 8.47. The lowest BCUT2D eigenvalue weighted by atomic mass is 9.98. The zero-order valence-electron chi connectivity index (χ0n) is 18.0. The molecule has 2 aromatic carbocycles. The summed E-state index contributed by atoms with van der Waals surface area (Å²) < 4.78 is 5.53. The van der Waals surface area contributed by atoms with E-state index in [2.05, 4.69) is 22.8 Å². The van der Waals surface area contributed by atoms with Gasteiger partial charge in [0.1, 0.15) is 18.7 Å². The van der Waals surface area contributed by atoms with Crippen molar-refractivity contribution in [1.29, 1.82) is 0 Å². The van der Waals surface area contributed by atoms with Crippen molar-refractivity contribution in [1.82, 2.24) is 10.6 Å². The second-order valence-electron chi connectivity index (χ2n) is 8.47. The van der Waals surface area contributed by atoms with Gasteiger partial charge in [-0.3, -0.25) is 4.79 Å². The third kappa shape index (κ3) is 4.61. The quantitative estimate of drug-likeness (QED) is 0.556. The molecule has 0 aromatic heterocycles. The number of amides is 2. The Bertz CT molecular complexity index is 971. The zero-order valence-corrected chi connectivity index (χ0v) is 18.0. The molecule has 32 heavy (non-hydrogen) atoms. The van der Waals surface area contributed by atoms with Gasteiger partial charge in [-0.1, -0.05) is 61.9 Å². The van der Waals surface area contributed by atoms with Gasteiger partial charge in [-0.25, -0.2) is 9.59 Å². The van der Waals surface area contributed by atoms with E-state index in [0.29, 0.717) is 12.8 Å². The summed E-state index contributed by atoms with van der Waals surface area (Å²) in [7, 11) is 0. The Kier molecular flexibility index (Phi) is 6.44. The Hall–Kier alpha value is -3.35. The van der Waals surface area contributed by atoms with Crippen LogP contribution in [0.5, 0.6) is 0 Å². The molecule has 0 spiro atoms. The van der Waals surface area contributed by atoms with E-state index in [1.165, 1.54) is 0 Å². The Labute approximate surface area is 187 Å². The molecule has 3 N–H and O–H groups in total. The Morgan fingerprint density at radius 1 is 1.00 bits per heavy atom. The number of carboxylic acids is 1. The summed E-state index contributed by atoms with van der Waals surface area (Å²) in [5.74, 6) is -1.64. The fraction of sp³-hybridized carbons (Fsp3) is 0.400. The molecule has 2 aliphatic carbocycles. The van der Waals surface area contributed by atoms with E-state index in [1.807, 2.05) is 43.3 Å². The van der Waals surface area contributed by atoms with Crippen LogP contribution >= 0.6 is 0 Å². The zero-order chi connectivity index (χ0) is 22.7. The summed E-state index contributed by atoms with van der Waals surface area (Å²) in [6.45, 7) is 2.05. The molecule has 2 aromatic rings. The highest BCUT2D eigenvalue weighted by molar-refractivity contribution is 5.89. The fourth-order valence-corrected chi connectivity index (χ4v) is 4.40. The van der Waals surface area contributed by atoms with Crippen molar-refractivity contribution in [2.24, 2.45) is 5.92 Å². The number of nitrogens with one attached hydrogen (secondary N) is 2. The first kappa shape index (κ1) is 21.9. The average molecular weight is 437 g/mol. The third-order valence-corrected chi connectivity index (χ3v) is 6.19. The topological polar surface area (TPSA) is 105 Å². The number of hydrogen-bond acceptors (Lipinski definition) is 4. The van der Waals surface area contributed by atoms with Gasteiger partial charge >= 0.3 is 12.1 Å². The van der Waals surface area contributed by atoms with Crippen LogP contribution in [0.1, 0.15) is 49.7 Å². The van der Waals surface area contributed by atoms with Crippen molar-refractivity contribution in [2.45, 2.75) is 50.6 Å². The van der Waals surface area contributed by atoms with Gasteiger partial charge in [0.05, 0.1) is 0 Å². The predicted octanol–water partition coefficient (Wildman–Crippen LogP) is 3.67. The van der Waals surface area contributed by atoms with Gasteiger partial charge in [0.15, 0.2) is 0 Å². The summed E-state index contributed by atoms with van der Waals surface area (Å²) >= 11 is 0. The normalized spacial score (nSPS) is 16.4. The van der Waals surface area contributed by atoms with E-state index in [1.54, 1.807) is 0 Å². The Morgan fingerprint density at radius 3 is 2.12 bits per heavy atom. The van der Waals surface area contributed by atoms with E-state index < -0.39 is 30.1 Å². The molecule has 2 unspecified atom stereocenters. The van der Waals surface area contributed by atoms with Crippen molar-refractivity contribution in [3.05, 3.63) is 59.7 Å². The van der Waals surface area contributed by atoms with Crippen molar-refractivity contribution in [2.75, 3.05) is 6.61 Å². The fourth-order valence-electron chi connectivity index (χ4n) is 4.40. The smallest absolute Gasteiger partial charge is 0.407 e. The lowest BCUT2D eigenvalue weighted by molar-refractivity contribution is -0.142. The SMILES string of the molecule is CCCC(NC(=O)OCC1c2ccccc2-c2ccccc21)C(=O)NC(C(=O)O)C1CC1. The lowest BCUT2D eigenvalue weighted by Crippen LogP contribution is -2.52. The number of ether oxygens (including phenoxy) is 1. The molecule has 0 aliphatic heterocycles. The average Bonchev–Trinajstić information content (AvgIpc) is 3.58. The molecule has 2 amide bonds. The molecule has 1 saturated carbocycles. The molecule has 2 aliphatic rings. The largest absolute Gasteiger partial charge is 0.480 e. The van der Waals surface area contributed by atoms with E-state index in [0.717, 1.165) is 35.1 Å². The first-order valence-electron chi connectivity index (χ1n) is 11.1. The summed E-state index contributed by atoms with van der Waals surface area (Å²) in [4.78, 5) is 36.7. The van der Waals surface area contributed by atoms with Gasteiger partial charge in [-0.05, 0) is 47.4 Å². The van der Waals surface area contributed by atoms with Crippen LogP contribution in [0, 0.1) is 5.92 Å². The van der Waals surface area contributed by atoms with E-state index in [9.17, 15) is 19.5 Å². The molecule has 7 heteroatoms. The highest BCUT2D eigenvalue weighted by Gasteiger charge is 2.38. The minimum atomic E-state index is -1.04. The molecule has 7 nitrogen and oxygen atoms in total. The van der Waals surface area contributed by atoms with E-state index >= 15 is 0 Å². The molecule has 2 atom stereocenters. The van der Waals surface area contributed by atoms with Gasteiger partial charge < -0.3 is 20.5 Å². The van der Waals surface area contributed by atoms with Crippen LogP contribution in [0.3, 0.4) is 0 Å². The summed E-state index contributed by atoms with van der Waals surface area (Å²) in [6.07, 6.45) is 1.94. The molecule has 4 rings (SSSR count). The summed E-state index contributed by atoms with van der Waals surface area (Å²) in [5, 5.41) is 14.6. The van der Waals surface area contributed by atoms with E-state index in [4.69, 9.17) is 4.74 Å². The highest BCUT2D eigenvalue weighted by Crippen LogP contribution is 2.44. The number of alkyl carbamates (subject to hydrolysis) is 1. The first-order chi connectivity index (χ1) is 15.5. The molecule has 168 valence electrons. The molecule has 0 saturated heterocycles. The molecular weight excluding hydrogens is 408 g/mol. The standard InChI is InChI=1S/C25H28N2O5/c1-2-7-21(23(28)27-22(24(29)30)15-12-13-15)26-25(31)32-14-20-18-10-5-3-8-16(18)17-9-4-6-11-19(17)20/h3-6,8-11,15,20-22H,2,7,12-14H2,1H3,(H,26,31)(H,27,28)(H,29,30). The number of carbonyl (C=O) groups excluding carboxylic acids is 2. The van der Waals surface area contributed by atoms with Crippen LogP contribution < -0.4 is 10.6 Å². The summed E-state index contributed by atoms with van der Waals surface area (Å²) in [5.41, 5.74) is 4.50. The number of aliphatic carboxylic acids is 1. The van der Waals surface area contributed by atoms with Crippen LogP contribution in [0.4, 0.5) is 4.79 Å². The second kappa shape index (κ2) is 9.42. The molecule has 0 heterocycles. The lowest BCUT2D eigenvalue weighted by Gasteiger charge is -2.21. The van der Waals surface area contributed by atoms with Crippen LogP contribution in [-0.4, -0.2) is 41.8 Å². The van der Waals surface area contributed by atoms with Crippen molar-refractivity contribution >= 4 is 18.0 Å². The van der Waals surface area contributed by atoms with Gasteiger partial charge in [-0.15, -0.1) is 0 Å². The van der Waals surface area contributed by atoms with Gasteiger partial charge in [-0.2, -0.15) is 0 Å². The minimum Gasteiger partial charge on any atom is -0.480 e. The van der Waals surface area contributed by atoms with Crippen molar-refractivity contribution in [3.8, 4) is 11.1 Å². The maximum Gasteiger partial charge on any atom is 0.407 e. The van der Waals surface area contributed by atoms with Crippen molar-refractivity contribution < 1.29 is 24.2 Å². The number of rotatable bonds is 9. The number of benzene rings is 2. The van der Waals surface area contributed by atoms with Crippen molar-refractivity contribution in [3.63, 3.8) is 0 Å². The first-order valence-corrected chi connectivity index (χ1v) is 11.1. The molecule has 0 radical (unpaired) electrons. The predicted molar refractivity (Wildman–Crippen MR) is 119 cm³/mol. The molecule has 0 bridgehead atoms. The monoisotopic (exact) mass is 436 g/mol. The van der Waals surface area contributed by atoms with Gasteiger partial charge in [0.25, 0.3) is 0 Å². The van der Waals surface area contributed by atoms with Gasteiger partial charge in [0.2, 0.25) is 5.91 Å². The number of fused-ring (bicyclic) bond motifs is 3. The number of carbonyl (C=O) groups is 3. The molecular formula is C25H28N2O5. The van der Waals surface area contributed by atoms with Crippen LogP contribution in [-0.2, 0) is 14.3 Å². The Balaban J connectivity index is 1.39. The highest BCUT2D eigenvalue weighted by atomic mass is 16.5.